The lowest BCUT2D eigenvalue weighted by molar-refractivity contribution is -0.690. The van der Waals surface area contributed by atoms with Gasteiger partial charge in [-0.3, -0.25) is 4.79 Å². The molecular weight excluding hydrogens is 486 g/mol. The van der Waals surface area contributed by atoms with Gasteiger partial charge in [-0.25, -0.2) is 0 Å². The van der Waals surface area contributed by atoms with Crippen molar-refractivity contribution >= 4 is 27.6 Å². The summed E-state index contributed by atoms with van der Waals surface area (Å²) in [5.74, 6) is -0.741. The van der Waals surface area contributed by atoms with Crippen LogP contribution in [0.1, 0.15) is 12.1 Å². The quantitative estimate of drug-likeness (QED) is 0.188. The Hall–Kier alpha value is -4.50. The number of aryl methyl sites for hydroxylation is 1. The molecule has 0 saturated carbocycles. The van der Waals surface area contributed by atoms with E-state index in [-0.39, 0.29) is 17.2 Å². The first kappa shape index (κ1) is 25.6. The van der Waals surface area contributed by atoms with E-state index in [0.717, 1.165) is 28.1 Å². The molecule has 37 heavy (non-hydrogen) atoms. The molecule has 4 rings (SSSR count). The highest BCUT2D eigenvalue weighted by Gasteiger charge is 2.20. The maximum atomic E-state index is 12.8. The fraction of sp³-hybridized carbons (Fsp3) is 0.107. The van der Waals surface area contributed by atoms with E-state index in [4.69, 9.17) is 11.5 Å². The molecule has 0 bridgehead atoms. The average Bonchev–Trinajstić information content (AvgIpc) is 2.88. The van der Waals surface area contributed by atoms with Crippen LogP contribution >= 0.6 is 0 Å². The zero-order valence-corrected chi connectivity index (χ0v) is 21.2. The minimum atomic E-state index is -3.99. The van der Waals surface area contributed by atoms with Crippen LogP contribution < -0.4 is 21.4 Å². The van der Waals surface area contributed by atoms with Gasteiger partial charge >= 0.3 is 0 Å². The number of pyridine rings is 1. The van der Waals surface area contributed by atoms with Gasteiger partial charge in [0.15, 0.2) is 12.2 Å². The summed E-state index contributed by atoms with van der Waals surface area (Å²) in [6, 6.07) is 30.2. The third-order valence-corrected chi connectivity index (χ3v) is 7.09. The van der Waals surface area contributed by atoms with Gasteiger partial charge in [0.05, 0.1) is 11.3 Å². The van der Waals surface area contributed by atoms with Gasteiger partial charge < -0.3 is 16.8 Å². The summed E-state index contributed by atoms with van der Waals surface area (Å²) in [5, 5.41) is 2.82. The van der Waals surface area contributed by atoms with Gasteiger partial charge in [0.25, 0.3) is 10.0 Å². The van der Waals surface area contributed by atoms with Crippen molar-refractivity contribution in [2.75, 3.05) is 5.32 Å². The number of nitrogens with one attached hydrogen (secondary N) is 1. The molecule has 0 saturated heterocycles. The van der Waals surface area contributed by atoms with E-state index in [0.29, 0.717) is 12.2 Å². The van der Waals surface area contributed by atoms with Gasteiger partial charge in [-0.1, -0.05) is 48.5 Å². The highest BCUT2D eigenvalue weighted by atomic mass is 32.2. The Morgan fingerprint density at radius 2 is 1.43 bits per heavy atom. The van der Waals surface area contributed by atoms with E-state index < -0.39 is 16.0 Å². The number of nitrogens with two attached hydrogens (primary N) is 2. The molecule has 0 unspecified atom stereocenters. The highest BCUT2D eigenvalue weighted by molar-refractivity contribution is 7.90. The number of hydrogen-bond acceptors (Lipinski definition) is 3. The van der Waals surface area contributed by atoms with Gasteiger partial charge in [-0.2, -0.15) is 13.0 Å². The third-order valence-electron chi connectivity index (χ3n) is 5.77. The van der Waals surface area contributed by atoms with Crippen molar-refractivity contribution in [1.82, 2.24) is 0 Å². The number of guanidine groups is 1. The molecule has 188 valence electrons. The van der Waals surface area contributed by atoms with Crippen LogP contribution in [-0.4, -0.2) is 20.3 Å². The van der Waals surface area contributed by atoms with Crippen LogP contribution in [0.25, 0.3) is 22.4 Å². The van der Waals surface area contributed by atoms with Crippen molar-refractivity contribution in [2.45, 2.75) is 24.8 Å². The molecule has 0 spiro atoms. The zero-order valence-electron chi connectivity index (χ0n) is 20.3. The fourth-order valence-corrected chi connectivity index (χ4v) is 4.90. The Morgan fingerprint density at radius 3 is 2.03 bits per heavy atom. The van der Waals surface area contributed by atoms with Crippen molar-refractivity contribution < 1.29 is 17.8 Å². The topological polar surface area (TPSA) is 132 Å². The van der Waals surface area contributed by atoms with Crippen LogP contribution in [0.3, 0.4) is 0 Å². The van der Waals surface area contributed by atoms with E-state index in [1.807, 2.05) is 43.3 Å². The van der Waals surface area contributed by atoms with Gasteiger partial charge in [0, 0.05) is 30.3 Å². The van der Waals surface area contributed by atoms with E-state index in [2.05, 4.69) is 50.7 Å². The first-order valence-corrected chi connectivity index (χ1v) is 13.1. The van der Waals surface area contributed by atoms with E-state index >= 15 is 0 Å². The minimum Gasteiger partial charge on any atom is -0.369 e. The Labute approximate surface area is 216 Å². The number of amides is 1. The summed E-state index contributed by atoms with van der Waals surface area (Å²) < 4.78 is 29.6. The summed E-state index contributed by atoms with van der Waals surface area (Å²) in [6.45, 7) is 2.50. The smallest absolute Gasteiger partial charge is 0.285 e. The summed E-state index contributed by atoms with van der Waals surface area (Å²) in [7, 11) is -3.99. The Morgan fingerprint density at radius 1 is 0.838 bits per heavy atom. The summed E-state index contributed by atoms with van der Waals surface area (Å²) in [6.07, 6.45) is 0.226. The number of hydrogen-bond donors (Lipinski definition) is 3. The van der Waals surface area contributed by atoms with Crippen LogP contribution in [0.15, 0.2) is 106 Å². The largest absolute Gasteiger partial charge is 0.369 e. The molecule has 0 aliphatic rings. The normalized spacial score (nSPS) is 11.1. The molecule has 8 nitrogen and oxygen atoms in total. The van der Waals surface area contributed by atoms with Crippen LogP contribution in [0.5, 0.6) is 0 Å². The second-order valence-electron chi connectivity index (χ2n) is 8.47. The van der Waals surface area contributed by atoms with Crippen LogP contribution in [0.4, 0.5) is 5.69 Å². The number of carbonyl (C=O) groups excluding carboxylic acids is 1. The second kappa shape index (κ2) is 11.0. The number of nitrogens with zero attached hydrogens (tertiary/aromatic N) is 2. The van der Waals surface area contributed by atoms with E-state index in [1.54, 1.807) is 0 Å². The fourth-order valence-electron chi connectivity index (χ4n) is 4.04. The summed E-state index contributed by atoms with van der Waals surface area (Å²) >= 11 is 0. The van der Waals surface area contributed by atoms with E-state index in [1.165, 1.54) is 24.3 Å². The molecule has 1 heterocycles. The molecule has 0 fully saturated rings. The van der Waals surface area contributed by atoms with Gasteiger partial charge in [0.2, 0.25) is 17.6 Å². The molecule has 9 heteroatoms. The van der Waals surface area contributed by atoms with Crippen LogP contribution in [0, 0.1) is 6.92 Å². The van der Waals surface area contributed by atoms with Crippen LogP contribution in [0.2, 0.25) is 0 Å². The molecule has 0 atom stereocenters. The monoisotopic (exact) mass is 514 g/mol. The van der Waals surface area contributed by atoms with E-state index in [9.17, 15) is 13.2 Å². The number of carbonyl (C=O) groups is 1. The summed E-state index contributed by atoms with van der Waals surface area (Å²) in [5.41, 5.74) is 16.2. The maximum Gasteiger partial charge on any atom is 0.285 e. The van der Waals surface area contributed by atoms with Crippen LogP contribution in [-0.2, 0) is 21.4 Å². The average molecular weight is 515 g/mol. The van der Waals surface area contributed by atoms with Crippen molar-refractivity contribution in [1.29, 1.82) is 0 Å². The number of rotatable bonds is 8. The Balaban J connectivity index is 1.53. The number of benzene rings is 3. The number of aromatic nitrogens is 1. The Kier molecular flexibility index (Phi) is 7.64. The molecule has 5 N–H and O–H groups in total. The molecule has 3 aromatic carbocycles. The number of sulfonamides is 1. The predicted octanol–water partition coefficient (Wildman–Crippen LogP) is 3.61. The molecule has 0 aliphatic carbocycles. The highest BCUT2D eigenvalue weighted by Crippen LogP contribution is 2.25. The van der Waals surface area contributed by atoms with Crippen molar-refractivity contribution in [3.63, 3.8) is 0 Å². The SMILES string of the molecule is Cc1cc(-c2ccccc2)cc(-c2ccccc2)[n+]1CCC(=O)Nc1ccc(S(=O)(=O)N=C(N)N)cc1. The lowest BCUT2D eigenvalue weighted by Crippen LogP contribution is -2.41. The van der Waals surface area contributed by atoms with Gasteiger partial charge in [-0.15, -0.1) is 4.40 Å². The maximum absolute atomic E-state index is 12.8. The first-order valence-electron chi connectivity index (χ1n) is 11.6. The van der Waals surface area contributed by atoms with Crippen molar-refractivity contribution in [3.8, 4) is 22.4 Å². The standard InChI is InChI=1S/C28H27N5O3S/c1-20-18-23(21-8-4-2-5-9-21)19-26(22-10-6-3-7-11-22)33(20)17-16-27(34)31-24-12-14-25(15-13-24)37(35,36)32-28(29)30/h2-15,18-19H,16-17H2,1H3,(H4-,29,30,31,32,34)/p+1. The number of anilines is 1. The Bertz CT molecular complexity index is 1530. The minimum absolute atomic E-state index is 0.0731. The third kappa shape index (κ3) is 6.39. The molecule has 1 amide bonds. The van der Waals surface area contributed by atoms with Gasteiger partial charge in [-0.05, 0) is 47.5 Å². The lowest BCUT2D eigenvalue weighted by Gasteiger charge is -2.11. The molecule has 0 aliphatic heterocycles. The molecule has 4 aromatic rings. The van der Waals surface area contributed by atoms with Crippen molar-refractivity contribution in [2.24, 2.45) is 15.9 Å². The van der Waals surface area contributed by atoms with Gasteiger partial charge in [0.1, 0.15) is 0 Å². The first-order chi connectivity index (χ1) is 17.7. The zero-order chi connectivity index (χ0) is 26.4. The summed E-state index contributed by atoms with van der Waals surface area (Å²) in [4.78, 5) is 12.7. The van der Waals surface area contributed by atoms with Crippen molar-refractivity contribution in [3.05, 3.63) is 103 Å². The second-order valence-corrected chi connectivity index (χ2v) is 10.1. The lowest BCUT2D eigenvalue weighted by atomic mass is 10.0. The molecule has 1 aromatic heterocycles. The molecule has 0 radical (unpaired) electrons. The molecular formula is C28H28N5O3S+. The predicted molar refractivity (Wildman–Crippen MR) is 145 cm³/mol.